The summed E-state index contributed by atoms with van der Waals surface area (Å²) in [5.41, 5.74) is 1.64. The fourth-order valence-electron chi connectivity index (χ4n) is 0.849. The van der Waals surface area contributed by atoms with Crippen LogP contribution < -0.4 is 5.32 Å². The van der Waals surface area contributed by atoms with Crippen molar-refractivity contribution < 1.29 is 14.7 Å². The highest BCUT2D eigenvalue weighted by molar-refractivity contribution is 6.31. The molecule has 2 N–H and O–H groups in total. The van der Waals surface area contributed by atoms with Crippen molar-refractivity contribution in [3.05, 3.63) is 29.6 Å². The first-order valence-corrected chi connectivity index (χ1v) is 4.02. The Balaban J connectivity index is 2.50. The van der Waals surface area contributed by atoms with E-state index in [1.165, 1.54) is 0 Å². The molecule has 74 valence electrons. The van der Waals surface area contributed by atoms with Gasteiger partial charge in [0.05, 0.1) is 12.2 Å². The molecular weight excluding hydrogens is 184 g/mol. The Morgan fingerprint density at radius 2 is 2.21 bits per heavy atom. The van der Waals surface area contributed by atoms with Crippen molar-refractivity contribution >= 4 is 11.9 Å². The molecule has 1 amide bonds. The molecule has 0 unspecified atom stereocenters. The highest BCUT2D eigenvalue weighted by Gasteiger charge is 2.09. The third-order valence-corrected chi connectivity index (χ3v) is 1.60. The summed E-state index contributed by atoms with van der Waals surface area (Å²) in [5, 5.41) is 10.5. The lowest BCUT2D eigenvalue weighted by Gasteiger charge is -2.01. The Morgan fingerprint density at radius 3 is 2.71 bits per heavy atom. The number of aryl methyl sites for hydroxylation is 1. The number of carboxylic acid groups (broad SMARTS) is 1. The largest absolute Gasteiger partial charge is 0.474 e. The molecule has 5 heteroatoms. The number of carbonyl (C=O) groups excluding carboxylic acids is 1. The van der Waals surface area contributed by atoms with Crippen molar-refractivity contribution in [3.8, 4) is 0 Å². The van der Waals surface area contributed by atoms with Gasteiger partial charge in [-0.2, -0.15) is 0 Å². The fraction of sp³-hybridized carbons (Fsp3) is 0.222. The molecule has 5 nitrogen and oxygen atoms in total. The first-order chi connectivity index (χ1) is 6.59. The number of pyridine rings is 1. The average Bonchev–Trinajstić information content (AvgIpc) is 2.16. The number of nitrogens with one attached hydrogen (secondary N) is 1. The molecule has 0 saturated heterocycles. The third kappa shape index (κ3) is 2.85. The maximum absolute atomic E-state index is 10.6. The molecule has 14 heavy (non-hydrogen) atoms. The first-order valence-electron chi connectivity index (χ1n) is 4.02. The van der Waals surface area contributed by atoms with E-state index in [4.69, 9.17) is 5.11 Å². The van der Waals surface area contributed by atoms with Gasteiger partial charge in [-0.3, -0.25) is 9.78 Å². The summed E-state index contributed by atoms with van der Waals surface area (Å²) in [6.07, 6.45) is 1.66. The molecule has 0 radical (unpaired) electrons. The second kappa shape index (κ2) is 4.36. The summed E-state index contributed by atoms with van der Waals surface area (Å²) >= 11 is 0. The Kier molecular flexibility index (Phi) is 3.17. The summed E-state index contributed by atoms with van der Waals surface area (Å²) in [7, 11) is 0. The van der Waals surface area contributed by atoms with Gasteiger partial charge in [0, 0.05) is 6.20 Å². The van der Waals surface area contributed by atoms with Gasteiger partial charge in [0.15, 0.2) is 0 Å². The number of carbonyl (C=O) groups is 2. The third-order valence-electron chi connectivity index (χ3n) is 1.60. The Morgan fingerprint density at radius 1 is 1.50 bits per heavy atom. The van der Waals surface area contributed by atoms with Gasteiger partial charge in [-0.25, -0.2) is 4.79 Å². The van der Waals surface area contributed by atoms with E-state index in [0.29, 0.717) is 5.69 Å². The Labute approximate surface area is 80.8 Å². The van der Waals surface area contributed by atoms with Crippen LogP contribution in [0.2, 0.25) is 0 Å². The van der Waals surface area contributed by atoms with Gasteiger partial charge in [0.25, 0.3) is 0 Å². The highest BCUT2D eigenvalue weighted by atomic mass is 16.4. The van der Waals surface area contributed by atoms with Crippen LogP contribution in [-0.4, -0.2) is 22.0 Å². The van der Waals surface area contributed by atoms with Gasteiger partial charge in [-0.1, -0.05) is 6.07 Å². The Bertz CT molecular complexity index is 346. The van der Waals surface area contributed by atoms with Crippen LogP contribution in [-0.2, 0) is 16.1 Å². The van der Waals surface area contributed by atoms with Gasteiger partial charge in [-0.05, 0) is 18.6 Å². The smallest absolute Gasteiger partial charge is 0.394 e. The minimum atomic E-state index is -1.49. The van der Waals surface area contributed by atoms with Gasteiger partial charge >= 0.3 is 11.9 Å². The van der Waals surface area contributed by atoms with Crippen molar-refractivity contribution in [3.63, 3.8) is 0 Å². The number of nitrogens with zero attached hydrogens (tertiary/aromatic N) is 1. The van der Waals surface area contributed by atoms with Crippen LogP contribution in [0.15, 0.2) is 18.3 Å². The van der Waals surface area contributed by atoms with Gasteiger partial charge in [0.2, 0.25) is 0 Å². The topological polar surface area (TPSA) is 79.3 Å². The molecule has 0 bridgehead atoms. The molecule has 1 aromatic heterocycles. The van der Waals surface area contributed by atoms with Gasteiger partial charge in [-0.15, -0.1) is 0 Å². The van der Waals surface area contributed by atoms with Crippen molar-refractivity contribution in [1.29, 1.82) is 0 Å². The zero-order valence-corrected chi connectivity index (χ0v) is 7.65. The predicted molar refractivity (Wildman–Crippen MR) is 48.5 cm³/mol. The van der Waals surface area contributed by atoms with E-state index in [0.717, 1.165) is 5.56 Å². The molecule has 0 atom stereocenters. The maximum atomic E-state index is 10.6. The quantitative estimate of drug-likeness (QED) is 0.654. The number of carboxylic acids is 1. The number of aromatic nitrogens is 1. The minimum Gasteiger partial charge on any atom is -0.474 e. The lowest BCUT2D eigenvalue weighted by molar-refractivity contribution is -0.150. The van der Waals surface area contributed by atoms with E-state index in [1.807, 2.05) is 13.0 Å². The monoisotopic (exact) mass is 194 g/mol. The Hall–Kier alpha value is -1.91. The van der Waals surface area contributed by atoms with Gasteiger partial charge in [0.1, 0.15) is 0 Å². The van der Waals surface area contributed by atoms with Crippen molar-refractivity contribution in [2.75, 3.05) is 0 Å². The van der Waals surface area contributed by atoms with Crippen LogP contribution in [0.5, 0.6) is 0 Å². The molecule has 1 aromatic rings. The normalized spacial score (nSPS) is 9.50. The van der Waals surface area contributed by atoms with E-state index < -0.39 is 11.9 Å². The highest BCUT2D eigenvalue weighted by Crippen LogP contribution is 1.97. The number of rotatable bonds is 2. The average molecular weight is 194 g/mol. The van der Waals surface area contributed by atoms with Crippen LogP contribution in [0.1, 0.15) is 11.3 Å². The van der Waals surface area contributed by atoms with E-state index in [1.54, 1.807) is 12.3 Å². The van der Waals surface area contributed by atoms with Crippen molar-refractivity contribution in [2.24, 2.45) is 0 Å². The van der Waals surface area contributed by atoms with Crippen molar-refractivity contribution in [1.82, 2.24) is 10.3 Å². The van der Waals surface area contributed by atoms with Crippen LogP contribution in [0.3, 0.4) is 0 Å². The molecule has 1 rings (SSSR count). The zero-order chi connectivity index (χ0) is 10.6. The number of hydrogen-bond donors (Lipinski definition) is 2. The molecule has 0 aliphatic heterocycles. The van der Waals surface area contributed by atoms with Crippen molar-refractivity contribution in [2.45, 2.75) is 13.5 Å². The summed E-state index contributed by atoms with van der Waals surface area (Å²) < 4.78 is 0. The predicted octanol–water partition coefficient (Wildman–Crippen LogP) is 0.0908. The summed E-state index contributed by atoms with van der Waals surface area (Å²) in [6.45, 7) is 2.03. The van der Waals surface area contributed by atoms with E-state index in [9.17, 15) is 9.59 Å². The van der Waals surface area contributed by atoms with Crippen LogP contribution in [0.4, 0.5) is 0 Å². The molecule has 0 spiro atoms. The minimum absolute atomic E-state index is 0.130. The van der Waals surface area contributed by atoms with E-state index in [-0.39, 0.29) is 6.54 Å². The SMILES string of the molecule is Cc1ccc(CNC(=O)C(=O)O)nc1. The maximum Gasteiger partial charge on any atom is 0.394 e. The number of hydrogen-bond acceptors (Lipinski definition) is 3. The standard InChI is InChI=1S/C9H10N2O3/c1-6-2-3-7(10-4-6)5-11-8(12)9(13)14/h2-4H,5H2,1H3,(H,11,12)(H,13,14). The summed E-state index contributed by atoms with van der Waals surface area (Å²) in [5.74, 6) is -2.51. The molecule has 0 aliphatic carbocycles. The molecule has 0 aromatic carbocycles. The number of amides is 1. The molecular formula is C9H10N2O3. The fourth-order valence-corrected chi connectivity index (χ4v) is 0.849. The molecule has 0 aliphatic rings. The summed E-state index contributed by atoms with van der Waals surface area (Å²) in [4.78, 5) is 24.8. The van der Waals surface area contributed by atoms with Crippen LogP contribution in [0.25, 0.3) is 0 Å². The van der Waals surface area contributed by atoms with E-state index in [2.05, 4.69) is 10.3 Å². The van der Waals surface area contributed by atoms with E-state index >= 15 is 0 Å². The molecule has 0 saturated carbocycles. The number of aliphatic carboxylic acids is 1. The lowest BCUT2D eigenvalue weighted by atomic mass is 10.3. The van der Waals surface area contributed by atoms with Crippen LogP contribution in [0, 0.1) is 6.92 Å². The second-order valence-corrected chi connectivity index (χ2v) is 2.81. The second-order valence-electron chi connectivity index (χ2n) is 2.81. The molecule has 0 fully saturated rings. The van der Waals surface area contributed by atoms with Crippen LogP contribution >= 0.6 is 0 Å². The summed E-state index contributed by atoms with van der Waals surface area (Å²) in [6, 6.07) is 3.58. The zero-order valence-electron chi connectivity index (χ0n) is 7.65. The molecule has 1 heterocycles. The van der Waals surface area contributed by atoms with Gasteiger partial charge < -0.3 is 10.4 Å². The lowest BCUT2D eigenvalue weighted by Crippen LogP contribution is -2.30. The first kappa shape index (κ1) is 10.2.